The molecule has 4 aliphatic rings. The zero-order valence-corrected chi connectivity index (χ0v) is 11.8. The molecule has 100 valence electrons. The van der Waals surface area contributed by atoms with Crippen LogP contribution < -0.4 is 5.32 Å². The summed E-state index contributed by atoms with van der Waals surface area (Å²) < 4.78 is 23.5. The van der Waals surface area contributed by atoms with Gasteiger partial charge in [-0.25, -0.2) is 8.42 Å². The normalized spacial score (nSPS) is 48.6. The standard InChI is InChI=1S/C12H18N2O2S2/c15-18(16)5-9-11(6-18)14(12(17)13-9)10-4-7-1-2-8(10)3-7/h7-11H,1-6H2,(H,13,17)/t7-,8-,9+,10+,11+/m0/s1. The molecule has 4 fully saturated rings. The van der Waals surface area contributed by atoms with E-state index in [2.05, 4.69) is 10.2 Å². The lowest BCUT2D eigenvalue weighted by Gasteiger charge is -2.35. The van der Waals surface area contributed by atoms with Crippen LogP contribution in [0.1, 0.15) is 25.7 Å². The predicted molar refractivity (Wildman–Crippen MR) is 73.0 cm³/mol. The molecular formula is C12H18N2O2S2. The molecule has 2 heterocycles. The van der Waals surface area contributed by atoms with E-state index in [1.807, 2.05) is 0 Å². The summed E-state index contributed by atoms with van der Waals surface area (Å²) in [5.41, 5.74) is 0. The van der Waals surface area contributed by atoms with Gasteiger partial charge in [0.05, 0.1) is 23.6 Å². The summed E-state index contributed by atoms with van der Waals surface area (Å²) in [6.45, 7) is 0. The minimum Gasteiger partial charge on any atom is -0.357 e. The van der Waals surface area contributed by atoms with Crippen molar-refractivity contribution in [3.63, 3.8) is 0 Å². The van der Waals surface area contributed by atoms with E-state index in [9.17, 15) is 8.42 Å². The molecule has 0 aromatic heterocycles. The van der Waals surface area contributed by atoms with Crippen LogP contribution in [0.2, 0.25) is 0 Å². The van der Waals surface area contributed by atoms with Gasteiger partial charge in [0.25, 0.3) is 0 Å². The highest BCUT2D eigenvalue weighted by molar-refractivity contribution is 7.91. The third-order valence-corrected chi connectivity index (χ3v) is 7.33. The molecule has 0 radical (unpaired) electrons. The lowest BCUT2D eigenvalue weighted by Crippen LogP contribution is -2.46. The third kappa shape index (κ3) is 1.54. The lowest BCUT2D eigenvalue weighted by molar-refractivity contribution is 0.200. The van der Waals surface area contributed by atoms with Gasteiger partial charge in [-0.05, 0) is 43.3 Å². The fourth-order valence-electron chi connectivity index (χ4n) is 4.57. The van der Waals surface area contributed by atoms with Crippen LogP contribution in [0.5, 0.6) is 0 Å². The second kappa shape index (κ2) is 3.60. The average molecular weight is 286 g/mol. The summed E-state index contributed by atoms with van der Waals surface area (Å²) in [7, 11) is -2.87. The molecule has 2 aliphatic carbocycles. The largest absolute Gasteiger partial charge is 0.357 e. The molecule has 0 unspecified atom stereocenters. The topological polar surface area (TPSA) is 49.4 Å². The van der Waals surface area contributed by atoms with Crippen LogP contribution in [0, 0.1) is 11.8 Å². The molecule has 1 N–H and O–H groups in total. The van der Waals surface area contributed by atoms with E-state index in [0.29, 0.717) is 11.8 Å². The molecule has 6 heteroatoms. The Kier molecular flexibility index (Phi) is 2.29. The Bertz CT molecular complexity index is 504. The zero-order valence-electron chi connectivity index (χ0n) is 10.2. The third-order valence-electron chi connectivity index (χ3n) is 5.28. The van der Waals surface area contributed by atoms with Gasteiger partial charge in [0.15, 0.2) is 14.9 Å². The first-order valence-electron chi connectivity index (χ1n) is 6.83. The predicted octanol–water partition coefficient (Wildman–Crippen LogP) is 0.531. The number of nitrogens with zero attached hydrogens (tertiary/aromatic N) is 1. The zero-order chi connectivity index (χ0) is 12.5. The minimum absolute atomic E-state index is 0.0432. The molecule has 2 aliphatic heterocycles. The van der Waals surface area contributed by atoms with Crippen molar-refractivity contribution in [2.75, 3.05) is 11.5 Å². The SMILES string of the molecule is O=S1(=O)C[C@@H]2[C@@H](C1)NC(=S)N2[C@@H]1C[C@H]2CC[C@H]1C2. The van der Waals surface area contributed by atoms with Crippen molar-refractivity contribution in [2.24, 2.45) is 11.8 Å². The first-order chi connectivity index (χ1) is 8.53. The van der Waals surface area contributed by atoms with E-state index in [-0.39, 0.29) is 17.8 Å². The van der Waals surface area contributed by atoms with Gasteiger partial charge in [-0.2, -0.15) is 0 Å². The molecule has 5 atom stereocenters. The van der Waals surface area contributed by atoms with Crippen LogP contribution in [-0.4, -0.2) is 48.1 Å². The van der Waals surface area contributed by atoms with Gasteiger partial charge in [-0.15, -0.1) is 0 Å². The quantitative estimate of drug-likeness (QED) is 0.713. The number of sulfone groups is 1. The summed E-state index contributed by atoms with van der Waals surface area (Å²) in [5.74, 6) is 2.16. The average Bonchev–Trinajstić information content (AvgIpc) is 2.96. The summed E-state index contributed by atoms with van der Waals surface area (Å²) in [6.07, 6.45) is 5.21. The molecular weight excluding hydrogens is 268 g/mol. The lowest BCUT2D eigenvalue weighted by atomic mass is 9.93. The fourth-order valence-corrected chi connectivity index (χ4v) is 6.90. The molecule has 2 saturated heterocycles. The van der Waals surface area contributed by atoms with Gasteiger partial charge in [-0.1, -0.05) is 6.42 Å². The minimum atomic E-state index is -2.87. The van der Waals surface area contributed by atoms with Crippen molar-refractivity contribution in [3.05, 3.63) is 0 Å². The molecule has 0 aromatic rings. The van der Waals surface area contributed by atoms with E-state index in [1.165, 1.54) is 25.7 Å². The Morgan fingerprint density at radius 3 is 2.67 bits per heavy atom. The molecule has 0 spiro atoms. The second-order valence-electron chi connectivity index (χ2n) is 6.35. The number of hydrogen-bond acceptors (Lipinski definition) is 3. The van der Waals surface area contributed by atoms with Gasteiger partial charge in [0, 0.05) is 6.04 Å². The smallest absolute Gasteiger partial charge is 0.169 e. The molecule has 18 heavy (non-hydrogen) atoms. The number of fused-ring (bicyclic) bond motifs is 3. The van der Waals surface area contributed by atoms with Gasteiger partial charge in [0.1, 0.15) is 0 Å². The van der Waals surface area contributed by atoms with E-state index >= 15 is 0 Å². The number of thiocarbonyl (C=S) groups is 1. The number of rotatable bonds is 1. The van der Waals surface area contributed by atoms with E-state index < -0.39 is 9.84 Å². The van der Waals surface area contributed by atoms with Gasteiger partial charge >= 0.3 is 0 Å². The van der Waals surface area contributed by atoms with Crippen molar-refractivity contribution in [1.29, 1.82) is 0 Å². The van der Waals surface area contributed by atoms with Crippen molar-refractivity contribution in [2.45, 2.75) is 43.8 Å². The van der Waals surface area contributed by atoms with E-state index in [0.717, 1.165) is 16.9 Å². The molecule has 2 bridgehead atoms. The second-order valence-corrected chi connectivity index (χ2v) is 8.89. The monoisotopic (exact) mass is 286 g/mol. The maximum atomic E-state index is 11.8. The molecule has 2 saturated carbocycles. The van der Waals surface area contributed by atoms with Crippen molar-refractivity contribution in [1.82, 2.24) is 10.2 Å². The summed E-state index contributed by atoms with van der Waals surface area (Å²) in [4.78, 5) is 2.26. The fraction of sp³-hybridized carbons (Fsp3) is 0.917. The van der Waals surface area contributed by atoms with Gasteiger partial charge < -0.3 is 10.2 Å². The first-order valence-corrected chi connectivity index (χ1v) is 9.06. The highest BCUT2D eigenvalue weighted by atomic mass is 32.2. The molecule has 0 aromatic carbocycles. The van der Waals surface area contributed by atoms with Crippen LogP contribution in [0.4, 0.5) is 0 Å². The Labute approximate surface area is 113 Å². The Morgan fingerprint density at radius 1 is 1.17 bits per heavy atom. The van der Waals surface area contributed by atoms with Gasteiger partial charge in [-0.3, -0.25) is 0 Å². The van der Waals surface area contributed by atoms with Crippen molar-refractivity contribution >= 4 is 27.2 Å². The summed E-state index contributed by atoms with van der Waals surface area (Å²) >= 11 is 5.44. The molecule has 0 amide bonds. The molecule has 4 nitrogen and oxygen atoms in total. The van der Waals surface area contributed by atoms with Crippen LogP contribution in [0.3, 0.4) is 0 Å². The summed E-state index contributed by atoms with van der Waals surface area (Å²) in [6, 6.07) is 0.653. The molecule has 4 rings (SSSR count). The Hall–Kier alpha value is -0.360. The van der Waals surface area contributed by atoms with E-state index in [1.54, 1.807) is 0 Å². The van der Waals surface area contributed by atoms with Crippen molar-refractivity contribution in [3.8, 4) is 0 Å². The van der Waals surface area contributed by atoms with Crippen LogP contribution in [0.25, 0.3) is 0 Å². The first kappa shape index (κ1) is 11.5. The Balaban J connectivity index is 1.62. The van der Waals surface area contributed by atoms with E-state index in [4.69, 9.17) is 12.2 Å². The highest BCUT2D eigenvalue weighted by Gasteiger charge is 2.53. The maximum Gasteiger partial charge on any atom is 0.169 e. The maximum absolute atomic E-state index is 11.8. The number of nitrogens with one attached hydrogen (secondary N) is 1. The Morgan fingerprint density at radius 2 is 2.00 bits per heavy atom. The van der Waals surface area contributed by atoms with Crippen LogP contribution >= 0.6 is 12.2 Å². The number of hydrogen-bond donors (Lipinski definition) is 1. The summed E-state index contributed by atoms with van der Waals surface area (Å²) in [5, 5.41) is 4.04. The van der Waals surface area contributed by atoms with Crippen LogP contribution in [-0.2, 0) is 9.84 Å². The van der Waals surface area contributed by atoms with Gasteiger partial charge in [0.2, 0.25) is 0 Å². The highest BCUT2D eigenvalue weighted by Crippen LogP contribution is 2.48. The van der Waals surface area contributed by atoms with Crippen molar-refractivity contribution < 1.29 is 8.42 Å². The van der Waals surface area contributed by atoms with Crippen LogP contribution in [0.15, 0.2) is 0 Å².